The maximum Gasteiger partial charge on any atom is 0.278 e. The predicted molar refractivity (Wildman–Crippen MR) is 155 cm³/mol. The maximum atomic E-state index is 13.7. The summed E-state index contributed by atoms with van der Waals surface area (Å²) in [5.41, 5.74) is -0.556. The number of nitro groups is 1. The first-order valence-corrected chi connectivity index (χ1v) is 14.5. The zero-order valence-electron chi connectivity index (χ0n) is 23.7. The van der Waals surface area contributed by atoms with Crippen molar-refractivity contribution in [1.82, 2.24) is 19.9 Å². The third kappa shape index (κ3) is 5.42. The number of aliphatic hydroxyl groups excluding tert-OH is 1. The molecular formula is C26H28ClN5O10S. The number of nitro benzene ring substituents is 1. The minimum atomic E-state index is -5.20. The zero-order valence-corrected chi connectivity index (χ0v) is 25.3. The van der Waals surface area contributed by atoms with Crippen LogP contribution in [0.15, 0.2) is 24.3 Å². The van der Waals surface area contributed by atoms with E-state index < -0.39 is 38.0 Å². The molecule has 2 heterocycles. The number of hydrogen-bond donors (Lipinski definition) is 2. The molecule has 2 aromatic heterocycles. The van der Waals surface area contributed by atoms with E-state index in [9.17, 15) is 28.2 Å². The van der Waals surface area contributed by atoms with Gasteiger partial charge in [-0.3, -0.25) is 14.7 Å². The van der Waals surface area contributed by atoms with Crippen LogP contribution in [-0.2, 0) is 14.9 Å². The van der Waals surface area contributed by atoms with Crippen LogP contribution >= 0.6 is 11.6 Å². The smallest absolute Gasteiger partial charge is 0.278 e. The van der Waals surface area contributed by atoms with E-state index in [0.717, 1.165) is 12.1 Å². The molecule has 0 saturated carbocycles. The van der Waals surface area contributed by atoms with Crippen molar-refractivity contribution < 1.29 is 41.9 Å². The topological polar surface area (TPSA) is 206 Å². The largest absolute Gasteiger partial charge is 0.477 e. The highest BCUT2D eigenvalue weighted by molar-refractivity contribution is 7.86. The number of aliphatic hydroxyl groups is 1. The van der Waals surface area contributed by atoms with E-state index in [1.165, 1.54) is 47.5 Å². The summed E-state index contributed by atoms with van der Waals surface area (Å²) in [6.45, 7) is 0.908. The second kappa shape index (κ2) is 12.2. The second-order valence-corrected chi connectivity index (χ2v) is 11.4. The van der Waals surface area contributed by atoms with Gasteiger partial charge in [0.05, 0.1) is 49.9 Å². The number of fused-ring (bicyclic) bond motifs is 2. The van der Waals surface area contributed by atoms with Gasteiger partial charge in [0.1, 0.15) is 10.3 Å². The first kappa shape index (κ1) is 31.8. The van der Waals surface area contributed by atoms with Gasteiger partial charge in [-0.2, -0.15) is 8.42 Å². The van der Waals surface area contributed by atoms with Crippen LogP contribution in [0.4, 0.5) is 5.69 Å². The third-order valence-electron chi connectivity index (χ3n) is 7.18. The van der Waals surface area contributed by atoms with Crippen molar-refractivity contribution in [2.24, 2.45) is 0 Å². The van der Waals surface area contributed by atoms with Crippen molar-refractivity contribution in [1.29, 1.82) is 0 Å². The van der Waals surface area contributed by atoms with Crippen molar-refractivity contribution in [2.75, 3.05) is 35.0 Å². The summed E-state index contributed by atoms with van der Waals surface area (Å²) in [4.78, 5) is 28.9. The zero-order chi connectivity index (χ0) is 31.7. The summed E-state index contributed by atoms with van der Waals surface area (Å²) in [6, 6.07) is 5.00. The first-order valence-electron chi connectivity index (χ1n) is 12.7. The van der Waals surface area contributed by atoms with Crippen LogP contribution in [0.25, 0.3) is 22.1 Å². The second-order valence-electron chi connectivity index (χ2n) is 9.25. The van der Waals surface area contributed by atoms with E-state index in [-0.39, 0.29) is 74.6 Å². The molecule has 0 spiro atoms. The molecule has 4 aromatic rings. The van der Waals surface area contributed by atoms with Crippen molar-refractivity contribution in [2.45, 2.75) is 30.4 Å². The number of aromatic nitrogens is 4. The molecule has 2 aromatic carbocycles. The average molecular weight is 638 g/mol. The highest BCUT2D eigenvalue weighted by Crippen LogP contribution is 2.52. The monoisotopic (exact) mass is 637 g/mol. The van der Waals surface area contributed by atoms with Crippen LogP contribution in [0.3, 0.4) is 0 Å². The SMILES string of the molecule is CCC(c1cc([N+](=O)[O-])cc2nc(OC)c(OC)nc12)(C(CCO)c1cc(Cl)cc2nc(OC)c(OC)nc12)S(=O)(=O)O. The van der Waals surface area contributed by atoms with Crippen molar-refractivity contribution >= 4 is 49.5 Å². The lowest BCUT2D eigenvalue weighted by Crippen LogP contribution is -2.42. The normalized spacial score (nSPS) is 13.9. The Kier molecular flexibility index (Phi) is 9.05. The molecule has 4 rings (SSSR count). The van der Waals surface area contributed by atoms with Crippen LogP contribution in [-0.4, -0.2) is 78.0 Å². The van der Waals surface area contributed by atoms with Crippen LogP contribution in [0, 0.1) is 10.1 Å². The number of methoxy groups -OCH3 is 4. The summed E-state index contributed by atoms with van der Waals surface area (Å²) >= 11 is 6.47. The van der Waals surface area contributed by atoms with Gasteiger partial charge in [-0.1, -0.05) is 18.5 Å². The summed E-state index contributed by atoms with van der Waals surface area (Å²) in [7, 11) is 0.0678. The molecule has 0 amide bonds. The highest BCUT2D eigenvalue weighted by atomic mass is 35.5. The number of halogens is 1. The molecule has 2 unspecified atom stereocenters. The molecule has 0 aliphatic heterocycles. The lowest BCUT2D eigenvalue weighted by Gasteiger charge is -2.38. The average Bonchev–Trinajstić information content (AvgIpc) is 2.98. The number of non-ortho nitro benzene ring substituents is 1. The van der Waals surface area contributed by atoms with Gasteiger partial charge in [0.15, 0.2) is 0 Å². The Labute approximate surface area is 250 Å². The molecule has 15 nitrogen and oxygen atoms in total. The van der Waals surface area contributed by atoms with Gasteiger partial charge in [0, 0.05) is 35.2 Å². The fraction of sp³-hybridized carbons (Fsp3) is 0.385. The van der Waals surface area contributed by atoms with Gasteiger partial charge in [-0.05, 0) is 30.5 Å². The molecule has 0 bridgehead atoms. The summed E-state index contributed by atoms with van der Waals surface area (Å²) in [5, 5.41) is 22.4. The summed E-state index contributed by atoms with van der Waals surface area (Å²) in [5.74, 6) is -1.58. The van der Waals surface area contributed by atoms with Crippen molar-refractivity contribution in [3.63, 3.8) is 0 Å². The number of benzene rings is 2. The van der Waals surface area contributed by atoms with E-state index in [1.54, 1.807) is 0 Å². The van der Waals surface area contributed by atoms with Crippen LogP contribution < -0.4 is 18.9 Å². The van der Waals surface area contributed by atoms with Crippen molar-refractivity contribution in [3.05, 3.63) is 50.5 Å². The van der Waals surface area contributed by atoms with Crippen molar-refractivity contribution in [3.8, 4) is 23.5 Å². The van der Waals surface area contributed by atoms with Gasteiger partial charge in [-0.25, -0.2) is 19.9 Å². The Balaban J connectivity index is 2.24. The Morgan fingerprint density at radius 2 is 1.42 bits per heavy atom. The molecule has 0 saturated heterocycles. The first-order chi connectivity index (χ1) is 20.4. The van der Waals surface area contributed by atoms with Crippen LogP contribution in [0.2, 0.25) is 5.02 Å². The van der Waals surface area contributed by atoms with E-state index in [4.69, 9.17) is 30.5 Å². The fourth-order valence-electron chi connectivity index (χ4n) is 5.35. The quantitative estimate of drug-likeness (QED) is 0.129. The highest BCUT2D eigenvalue weighted by Gasteiger charge is 2.53. The molecule has 0 radical (unpaired) electrons. The third-order valence-corrected chi connectivity index (χ3v) is 9.11. The minimum absolute atomic E-state index is 0.0273. The molecule has 2 N–H and O–H groups in total. The Morgan fingerprint density at radius 1 is 0.907 bits per heavy atom. The van der Waals surface area contributed by atoms with Gasteiger partial charge in [0.2, 0.25) is 0 Å². The summed E-state index contributed by atoms with van der Waals surface area (Å²) < 4.78 is 57.2. The molecule has 230 valence electrons. The molecule has 2 atom stereocenters. The molecule has 0 fully saturated rings. The number of rotatable bonds is 12. The van der Waals surface area contributed by atoms with Gasteiger partial charge in [0.25, 0.3) is 39.3 Å². The minimum Gasteiger partial charge on any atom is -0.477 e. The Morgan fingerprint density at radius 3 is 1.88 bits per heavy atom. The van der Waals surface area contributed by atoms with E-state index in [0.29, 0.717) is 0 Å². The fourth-order valence-corrected chi connectivity index (χ4v) is 6.98. The maximum absolute atomic E-state index is 13.7. The number of ether oxygens (including phenoxy) is 4. The van der Waals surface area contributed by atoms with Gasteiger partial charge >= 0.3 is 0 Å². The van der Waals surface area contributed by atoms with Gasteiger partial charge < -0.3 is 24.1 Å². The lowest BCUT2D eigenvalue weighted by molar-refractivity contribution is -0.384. The molecule has 0 aliphatic carbocycles. The van der Waals surface area contributed by atoms with E-state index >= 15 is 0 Å². The number of hydrogen-bond acceptors (Lipinski definition) is 13. The summed E-state index contributed by atoms with van der Waals surface area (Å²) in [6.07, 6.45) is -0.623. The standard InChI is InChI=1S/C26H28ClN5O10S/c1-6-26(43(36,37)38,17-11-14(32(34)35)12-19-21(17)31-25(42-5)23(29-19)40-3)16(7-8-33)15-9-13(27)10-18-20(15)30-24(41-4)22(28-18)39-2/h9-12,16,33H,6-8H2,1-5H3,(H,36,37,38). The predicted octanol–water partition coefficient (Wildman–Crippen LogP) is 3.83. The van der Waals surface area contributed by atoms with Crippen LogP contribution in [0.1, 0.15) is 36.8 Å². The molecule has 0 aliphatic rings. The number of nitrogens with zero attached hydrogens (tertiary/aromatic N) is 5. The molecule has 43 heavy (non-hydrogen) atoms. The lowest BCUT2D eigenvalue weighted by atomic mass is 9.76. The van der Waals surface area contributed by atoms with Crippen LogP contribution in [0.5, 0.6) is 23.5 Å². The Hall–Kier alpha value is -4.12. The molecular weight excluding hydrogens is 610 g/mol. The Bertz CT molecular complexity index is 1820. The van der Waals surface area contributed by atoms with Gasteiger partial charge in [-0.15, -0.1) is 0 Å². The molecule has 17 heteroatoms. The van der Waals surface area contributed by atoms with E-state index in [2.05, 4.69) is 19.9 Å². The van der Waals surface area contributed by atoms with E-state index in [1.807, 2.05) is 0 Å².